The summed E-state index contributed by atoms with van der Waals surface area (Å²) in [6.07, 6.45) is 3.18. The number of anilines is 1. The highest BCUT2D eigenvalue weighted by molar-refractivity contribution is 9.10. The number of nitrogens with one attached hydrogen (secondary N) is 1. The molecule has 2 rings (SSSR count). The zero-order valence-electron chi connectivity index (χ0n) is 10.3. The van der Waals surface area contributed by atoms with Crippen molar-refractivity contribution in [1.82, 2.24) is 9.88 Å². The standard InChI is InChI=1S/C12H14BrN3O3/c1-7(11(17)18)8-5-16(6-8)12(19)15-10-2-9(13)3-14-4-10/h2-4,7-8H,5-6H2,1H3,(H,15,19)(H,17,18). The van der Waals surface area contributed by atoms with Gasteiger partial charge >= 0.3 is 12.0 Å². The van der Waals surface area contributed by atoms with Crippen LogP contribution in [0.25, 0.3) is 0 Å². The number of hydrogen-bond acceptors (Lipinski definition) is 3. The quantitative estimate of drug-likeness (QED) is 0.889. The lowest BCUT2D eigenvalue weighted by Crippen LogP contribution is -2.54. The molecule has 7 heteroatoms. The van der Waals surface area contributed by atoms with Crippen molar-refractivity contribution < 1.29 is 14.7 Å². The maximum Gasteiger partial charge on any atom is 0.321 e. The molecule has 1 aromatic rings. The SMILES string of the molecule is CC(C(=O)O)C1CN(C(=O)Nc2cncc(Br)c2)C1. The van der Waals surface area contributed by atoms with E-state index in [1.165, 1.54) is 0 Å². The fourth-order valence-corrected chi connectivity index (χ4v) is 2.24. The smallest absolute Gasteiger partial charge is 0.321 e. The van der Waals surface area contributed by atoms with Crippen LogP contribution < -0.4 is 5.32 Å². The minimum atomic E-state index is -0.818. The zero-order valence-corrected chi connectivity index (χ0v) is 11.9. The lowest BCUT2D eigenvalue weighted by atomic mass is 9.87. The average Bonchev–Trinajstić information content (AvgIpc) is 2.26. The summed E-state index contributed by atoms with van der Waals surface area (Å²) in [6.45, 7) is 2.61. The van der Waals surface area contributed by atoms with Crippen molar-refractivity contribution in [3.05, 3.63) is 22.9 Å². The van der Waals surface area contributed by atoms with Crippen molar-refractivity contribution in [3.63, 3.8) is 0 Å². The number of rotatable bonds is 3. The topological polar surface area (TPSA) is 82.5 Å². The van der Waals surface area contributed by atoms with E-state index in [9.17, 15) is 9.59 Å². The summed E-state index contributed by atoms with van der Waals surface area (Å²) in [4.78, 5) is 28.2. The van der Waals surface area contributed by atoms with Crippen LogP contribution in [0.5, 0.6) is 0 Å². The molecule has 0 saturated carbocycles. The zero-order chi connectivity index (χ0) is 14.0. The number of hydrogen-bond donors (Lipinski definition) is 2. The van der Waals surface area contributed by atoms with Crippen LogP contribution in [0.3, 0.4) is 0 Å². The van der Waals surface area contributed by atoms with Crippen LogP contribution in [0.15, 0.2) is 22.9 Å². The van der Waals surface area contributed by atoms with Crippen molar-refractivity contribution in [2.24, 2.45) is 11.8 Å². The number of nitrogens with zero attached hydrogens (tertiary/aromatic N) is 2. The van der Waals surface area contributed by atoms with Gasteiger partial charge in [-0.25, -0.2) is 4.79 Å². The molecule has 1 aromatic heterocycles. The molecule has 2 N–H and O–H groups in total. The van der Waals surface area contributed by atoms with E-state index in [1.807, 2.05) is 0 Å². The fraction of sp³-hybridized carbons (Fsp3) is 0.417. The predicted molar refractivity (Wildman–Crippen MR) is 72.8 cm³/mol. The van der Waals surface area contributed by atoms with Gasteiger partial charge in [-0.1, -0.05) is 6.92 Å². The molecular weight excluding hydrogens is 314 g/mol. The molecule has 1 aliphatic heterocycles. The van der Waals surface area contributed by atoms with E-state index in [2.05, 4.69) is 26.2 Å². The summed E-state index contributed by atoms with van der Waals surface area (Å²) in [6, 6.07) is 1.52. The van der Waals surface area contributed by atoms with Crippen LogP contribution in [0.4, 0.5) is 10.5 Å². The summed E-state index contributed by atoms with van der Waals surface area (Å²) < 4.78 is 0.784. The number of carboxylic acid groups (broad SMARTS) is 1. The Labute approximate surface area is 118 Å². The number of aliphatic carboxylic acids is 1. The minimum absolute atomic E-state index is 0.0314. The van der Waals surface area contributed by atoms with Gasteiger partial charge in [-0.2, -0.15) is 0 Å². The first-order valence-electron chi connectivity index (χ1n) is 5.86. The van der Waals surface area contributed by atoms with E-state index < -0.39 is 11.9 Å². The lowest BCUT2D eigenvalue weighted by Gasteiger charge is -2.40. The highest BCUT2D eigenvalue weighted by Crippen LogP contribution is 2.25. The first-order chi connectivity index (χ1) is 8.97. The Balaban J connectivity index is 1.85. The highest BCUT2D eigenvalue weighted by Gasteiger charge is 2.37. The van der Waals surface area contributed by atoms with E-state index in [0.29, 0.717) is 18.8 Å². The third-order valence-electron chi connectivity index (χ3n) is 3.25. The molecule has 0 aliphatic carbocycles. The second kappa shape index (κ2) is 5.56. The van der Waals surface area contributed by atoms with E-state index in [1.54, 1.807) is 30.3 Å². The molecule has 0 spiro atoms. The number of halogens is 1. The van der Waals surface area contributed by atoms with Gasteiger partial charge in [0.05, 0.1) is 17.8 Å². The number of carbonyl (C=O) groups is 2. The van der Waals surface area contributed by atoms with Gasteiger partial charge in [-0.05, 0) is 22.0 Å². The fourth-order valence-electron chi connectivity index (χ4n) is 1.88. The van der Waals surface area contributed by atoms with Crippen molar-refractivity contribution in [2.45, 2.75) is 6.92 Å². The third-order valence-corrected chi connectivity index (χ3v) is 3.68. The number of aromatic nitrogens is 1. The van der Waals surface area contributed by atoms with E-state index in [-0.39, 0.29) is 11.9 Å². The summed E-state index contributed by atoms with van der Waals surface area (Å²) >= 11 is 3.27. The number of amides is 2. The molecule has 19 heavy (non-hydrogen) atoms. The summed E-state index contributed by atoms with van der Waals surface area (Å²) in [5, 5.41) is 11.6. The summed E-state index contributed by atoms with van der Waals surface area (Å²) in [5.41, 5.74) is 0.606. The van der Waals surface area contributed by atoms with E-state index in [0.717, 1.165) is 4.47 Å². The maximum atomic E-state index is 11.9. The first kappa shape index (κ1) is 13.8. The number of pyridine rings is 1. The molecule has 1 atom stereocenters. The minimum Gasteiger partial charge on any atom is -0.481 e. The Morgan fingerprint density at radius 2 is 2.21 bits per heavy atom. The first-order valence-corrected chi connectivity index (χ1v) is 6.66. The number of carboxylic acids is 1. The third kappa shape index (κ3) is 3.23. The maximum absolute atomic E-state index is 11.9. The normalized spacial score (nSPS) is 16.6. The Morgan fingerprint density at radius 3 is 2.79 bits per heavy atom. The van der Waals surface area contributed by atoms with Gasteiger partial charge in [-0.3, -0.25) is 9.78 Å². The Morgan fingerprint density at radius 1 is 1.53 bits per heavy atom. The Kier molecular flexibility index (Phi) is 4.04. The lowest BCUT2D eigenvalue weighted by molar-refractivity contribution is -0.144. The van der Waals surface area contributed by atoms with Gasteiger partial charge in [0.15, 0.2) is 0 Å². The molecule has 1 aliphatic rings. The van der Waals surface area contributed by atoms with Gasteiger partial charge in [0.2, 0.25) is 0 Å². The molecular formula is C12H14BrN3O3. The highest BCUT2D eigenvalue weighted by atomic mass is 79.9. The summed E-state index contributed by atoms with van der Waals surface area (Å²) in [7, 11) is 0. The molecule has 1 fully saturated rings. The largest absolute Gasteiger partial charge is 0.481 e. The molecule has 102 valence electrons. The van der Waals surface area contributed by atoms with Crippen molar-refractivity contribution in [2.75, 3.05) is 18.4 Å². The molecule has 0 radical (unpaired) electrons. The van der Waals surface area contributed by atoms with Gasteiger partial charge in [-0.15, -0.1) is 0 Å². The number of carbonyl (C=O) groups excluding carboxylic acids is 1. The molecule has 0 aromatic carbocycles. The van der Waals surface area contributed by atoms with E-state index >= 15 is 0 Å². The summed E-state index contributed by atoms with van der Waals surface area (Å²) in [5.74, 6) is -1.21. The number of likely N-dealkylation sites (tertiary alicyclic amines) is 1. The average molecular weight is 328 g/mol. The van der Waals surface area contributed by atoms with Gasteiger partial charge in [0.25, 0.3) is 0 Å². The van der Waals surface area contributed by atoms with Gasteiger partial charge in [0.1, 0.15) is 0 Å². The van der Waals surface area contributed by atoms with Crippen molar-refractivity contribution >= 4 is 33.6 Å². The molecule has 1 unspecified atom stereocenters. The van der Waals surface area contributed by atoms with Crippen LogP contribution in [0.1, 0.15) is 6.92 Å². The molecule has 6 nitrogen and oxygen atoms in total. The monoisotopic (exact) mass is 327 g/mol. The van der Waals surface area contributed by atoms with Crippen LogP contribution in [0.2, 0.25) is 0 Å². The van der Waals surface area contributed by atoms with Crippen molar-refractivity contribution in [3.8, 4) is 0 Å². The predicted octanol–water partition coefficient (Wildman–Crippen LogP) is 2.03. The Hall–Kier alpha value is -1.63. The molecule has 2 amide bonds. The van der Waals surface area contributed by atoms with Crippen LogP contribution in [0, 0.1) is 11.8 Å². The second-order valence-electron chi connectivity index (χ2n) is 4.61. The molecule has 1 saturated heterocycles. The second-order valence-corrected chi connectivity index (χ2v) is 5.53. The van der Waals surface area contributed by atoms with Crippen LogP contribution in [-0.2, 0) is 4.79 Å². The Bertz CT molecular complexity index is 503. The van der Waals surface area contributed by atoms with E-state index in [4.69, 9.17) is 5.11 Å². The number of urea groups is 1. The van der Waals surface area contributed by atoms with Gasteiger partial charge in [0, 0.05) is 29.7 Å². The van der Waals surface area contributed by atoms with Gasteiger partial charge < -0.3 is 15.3 Å². The van der Waals surface area contributed by atoms with Crippen molar-refractivity contribution in [1.29, 1.82) is 0 Å². The van der Waals surface area contributed by atoms with Crippen LogP contribution in [-0.4, -0.2) is 40.1 Å². The molecule has 2 heterocycles. The molecule has 0 bridgehead atoms. The van der Waals surface area contributed by atoms with Crippen LogP contribution >= 0.6 is 15.9 Å².